The van der Waals surface area contributed by atoms with E-state index in [0.29, 0.717) is 43.4 Å². The number of hydrogen-bond donors (Lipinski definition) is 1. The predicted molar refractivity (Wildman–Crippen MR) is 108 cm³/mol. The summed E-state index contributed by atoms with van der Waals surface area (Å²) in [7, 11) is 1.58. The molecule has 1 fully saturated rings. The number of pyridine rings is 1. The molecular weight excluding hydrogens is 411 g/mol. The van der Waals surface area contributed by atoms with Gasteiger partial charge in [-0.25, -0.2) is 0 Å². The lowest BCUT2D eigenvalue weighted by atomic mass is 9.97. The van der Waals surface area contributed by atoms with E-state index in [1.807, 2.05) is 29.2 Å². The summed E-state index contributed by atoms with van der Waals surface area (Å²) in [6.07, 6.45) is -2.05. The van der Waals surface area contributed by atoms with Gasteiger partial charge in [0.15, 0.2) is 5.65 Å². The van der Waals surface area contributed by atoms with E-state index in [1.165, 1.54) is 10.5 Å². The molecule has 1 amide bonds. The second kappa shape index (κ2) is 8.44. The van der Waals surface area contributed by atoms with Crippen LogP contribution >= 0.6 is 0 Å². The van der Waals surface area contributed by atoms with Crippen molar-refractivity contribution in [1.82, 2.24) is 19.9 Å². The van der Waals surface area contributed by atoms with Crippen LogP contribution in [0.2, 0.25) is 0 Å². The Kier molecular flexibility index (Phi) is 5.71. The molecule has 1 saturated heterocycles. The lowest BCUT2D eigenvalue weighted by Gasteiger charge is -2.32. The molecule has 0 unspecified atom stereocenters. The number of alkyl halides is 3. The van der Waals surface area contributed by atoms with Crippen molar-refractivity contribution in [3.63, 3.8) is 0 Å². The maximum Gasteiger partial charge on any atom is 0.417 e. The number of hydrogen-bond acceptors (Lipinski definition) is 5. The van der Waals surface area contributed by atoms with Crippen LogP contribution in [0.3, 0.4) is 0 Å². The molecule has 0 saturated carbocycles. The van der Waals surface area contributed by atoms with Gasteiger partial charge in [-0.15, -0.1) is 10.2 Å². The number of methoxy groups -OCH3 is 1. The fourth-order valence-corrected chi connectivity index (χ4v) is 3.81. The Morgan fingerprint density at radius 3 is 2.81 bits per heavy atom. The maximum absolute atomic E-state index is 13.1. The summed E-state index contributed by atoms with van der Waals surface area (Å²) in [6.45, 7) is 1.28. The fourth-order valence-electron chi connectivity index (χ4n) is 3.81. The number of aromatic nitrogens is 3. The van der Waals surface area contributed by atoms with Crippen molar-refractivity contribution in [2.45, 2.75) is 25.6 Å². The summed E-state index contributed by atoms with van der Waals surface area (Å²) in [6, 6.07) is 9.72. The second-order valence-corrected chi connectivity index (χ2v) is 7.46. The van der Waals surface area contributed by atoms with Gasteiger partial charge in [0.2, 0.25) is 11.9 Å². The van der Waals surface area contributed by atoms with Gasteiger partial charge < -0.3 is 15.0 Å². The number of carbonyl (C=O) groups excluding carboxylic acids is 1. The highest BCUT2D eigenvalue weighted by atomic mass is 19.4. The number of benzene rings is 1. The number of piperidine rings is 1. The van der Waals surface area contributed by atoms with E-state index < -0.39 is 11.7 Å². The molecule has 1 aliphatic heterocycles. The number of rotatable bonds is 5. The molecule has 7 nitrogen and oxygen atoms in total. The van der Waals surface area contributed by atoms with Gasteiger partial charge in [-0.2, -0.15) is 13.2 Å². The SMILES string of the molecule is COc1ccccc1CNC(=O)[C@@H]1CCCN(c2nnc3ccc(C(F)(F)F)cn23)C1. The zero-order chi connectivity index (χ0) is 22.0. The third kappa shape index (κ3) is 4.42. The van der Waals surface area contributed by atoms with Crippen molar-refractivity contribution in [2.75, 3.05) is 25.1 Å². The number of nitrogens with zero attached hydrogens (tertiary/aromatic N) is 4. The molecule has 2 aromatic heterocycles. The average molecular weight is 433 g/mol. The van der Waals surface area contributed by atoms with Gasteiger partial charge in [0.25, 0.3) is 0 Å². The molecule has 1 atom stereocenters. The Morgan fingerprint density at radius 2 is 2.03 bits per heavy atom. The average Bonchev–Trinajstić information content (AvgIpc) is 3.20. The van der Waals surface area contributed by atoms with Crippen molar-refractivity contribution in [3.05, 3.63) is 53.7 Å². The van der Waals surface area contributed by atoms with Crippen LogP contribution in [0.1, 0.15) is 24.0 Å². The molecule has 1 aliphatic rings. The Balaban J connectivity index is 1.48. The summed E-state index contributed by atoms with van der Waals surface area (Å²) in [5, 5.41) is 11.0. The molecule has 31 heavy (non-hydrogen) atoms. The van der Waals surface area contributed by atoms with Crippen LogP contribution in [-0.4, -0.2) is 40.7 Å². The van der Waals surface area contributed by atoms with Crippen LogP contribution in [0, 0.1) is 5.92 Å². The number of ether oxygens (including phenoxy) is 1. The maximum atomic E-state index is 13.1. The first-order valence-corrected chi connectivity index (χ1v) is 9.93. The molecule has 1 N–H and O–H groups in total. The summed E-state index contributed by atoms with van der Waals surface area (Å²) < 4.78 is 46.0. The Hall–Kier alpha value is -3.30. The third-order valence-electron chi connectivity index (χ3n) is 5.43. The van der Waals surface area contributed by atoms with Gasteiger partial charge in [-0.05, 0) is 31.0 Å². The van der Waals surface area contributed by atoms with Crippen molar-refractivity contribution in [2.24, 2.45) is 5.92 Å². The lowest BCUT2D eigenvalue weighted by molar-refractivity contribution is -0.137. The molecule has 164 valence electrons. The topological polar surface area (TPSA) is 71.8 Å². The molecule has 4 rings (SSSR count). The van der Waals surface area contributed by atoms with Gasteiger partial charge in [0.05, 0.1) is 18.6 Å². The normalized spacial score (nSPS) is 17.0. The standard InChI is InChI=1S/C21H22F3N5O2/c1-31-17-7-3-2-5-14(17)11-25-19(30)15-6-4-10-28(12-15)20-27-26-18-9-8-16(13-29(18)20)21(22,23)24/h2-3,5,7-9,13,15H,4,6,10-12H2,1H3,(H,25,30)/t15-/m1/s1. The first-order chi connectivity index (χ1) is 14.9. The van der Waals surface area contributed by atoms with Crippen LogP contribution in [-0.2, 0) is 17.5 Å². The first kappa shape index (κ1) is 21.0. The van der Waals surface area contributed by atoms with E-state index in [-0.39, 0.29) is 11.8 Å². The van der Waals surface area contributed by atoms with Crippen LogP contribution in [0.5, 0.6) is 5.75 Å². The first-order valence-electron chi connectivity index (χ1n) is 9.93. The van der Waals surface area contributed by atoms with Crippen molar-refractivity contribution in [3.8, 4) is 5.75 Å². The largest absolute Gasteiger partial charge is 0.496 e. The van der Waals surface area contributed by atoms with Crippen molar-refractivity contribution >= 4 is 17.5 Å². The minimum atomic E-state index is -4.46. The van der Waals surface area contributed by atoms with E-state index >= 15 is 0 Å². The fraction of sp³-hybridized carbons (Fsp3) is 0.381. The molecule has 1 aromatic carbocycles. The summed E-state index contributed by atoms with van der Waals surface area (Å²) >= 11 is 0. The zero-order valence-corrected chi connectivity index (χ0v) is 16.9. The van der Waals surface area contributed by atoms with Gasteiger partial charge in [0.1, 0.15) is 5.75 Å². The molecule has 0 aliphatic carbocycles. The van der Waals surface area contributed by atoms with Crippen LogP contribution < -0.4 is 15.0 Å². The number of carbonyl (C=O) groups is 1. The highest BCUT2D eigenvalue weighted by Crippen LogP contribution is 2.30. The minimum Gasteiger partial charge on any atom is -0.496 e. The van der Waals surface area contributed by atoms with E-state index in [4.69, 9.17) is 4.74 Å². The molecule has 0 bridgehead atoms. The number of amides is 1. The number of halogens is 3. The zero-order valence-electron chi connectivity index (χ0n) is 16.9. The van der Waals surface area contributed by atoms with Crippen LogP contribution in [0.15, 0.2) is 42.6 Å². The molecular formula is C21H22F3N5O2. The lowest BCUT2D eigenvalue weighted by Crippen LogP contribution is -2.43. The predicted octanol–water partition coefficient (Wildman–Crippen LogP) is 3.29. The highest BCUT2D eigenvalue weighted by Gasteiger charge is 2.32. The third-order valence-corrected chi connectivity index (χ3v) is 5.43. The Bertz CT molecular complexity index is 1080. The molecule has 0 spiro atoms. The van der Waals surface area contributed by atoms with Gasteiger partial charge in [-0.1, -0.05) is 18.2 Å². The van der Waals surface area contributed by atoms with E-state index in [9.17, 15) is 18.0 Å². The Labute approximate surface area is 176 Å². The minimum absolute atomic E-state index is 0.111. The Morgan fingerprint density at radius 1 is 1.23 bits per heavy atom. The van der Waals surface area contributed by atoms with Crippen molar-refractivity contribution < 1.29 is 22.7 Å². The molecule has 3 heterocycles. The number of para-hydroxylation sites is 1. The van der Waals surface area contributed by atoms with Gasteiger partial charge >= 0.3 is 6.18 Å². The molecule has 10 heteroatoms. The highest BCUT2D eigenvalue weighted by molar-refractivity contribution is 5.79. The van der Waals surface area contributed by atoms with E-state index in [1.54, 1.807) is 7.11 Å². The summed E-state index contributed by atoms with van der Waals surface area (Å²) in [5.74, 6) is 0.591. The number of fused-ring (bicyclic) bond motifs is 1. The second-order valence-electron chi connectivity index (χ2n) is 7.46. The van der Waals surface area contributed by atoms with E-state index in [0.717, 1.165) is 24.2 Å². The van der Waals surface area contributed by atoms with E-state index in [2.05, 4.69) is 15.5 Å². The summed E-state index contributed by atoms with van der Waals surface area (Å²) in [5.41, 5.74) is 0.420. The quantitative estimate of drug-likeness (QED) is 0.669. The molecule has 3 aromatic rings. The monoisotopic (exact) mass is 433 g/mol. The van der Waals surface area contributed by atoms with Gasteiger partial charge in [-0.3, -0.25) is 9.20 Å². The van der Waals surface area contributed by atoms with Crippen molar-refractivity contribution in [1.29, 1.82) is 0 Å². The molecule has 0 radical (unpaired) electrons. The summed E-state index contributed by atoms with van der Waals surface area (Å²) in [4.78, 5) is 14.6. The number of nitrogens with one attached hydrogen (secondary N) is 1. The van der Waals surface area contributed by atoms with Crippen LogP contribution in [0.25, 0.3) is 5.65 Å². The smallest absolute Gasteiger partial charge is 0.417 e. The number of anilines is 1. The van der Waals surface area contributed by atoms with Crippen LogP contribution in [0.4, 0.5) is 19.1 Å². The van der Waals surface area contributed by atoms with Gasteiger partial charge in [0, 0.05) is 31.4 Å².